The van der Waals surface area contributed by atoms with E-state index in [1.54, 1.807) is 25.7 Å². The van der Waals surface area contributed by atoms with Crippen molar-refractivity contribution in [1.82, 2.24) is 30.4 Å². The molecule has 1 aliphatic heterocycles. The van der Waals surface area contributed by atoms with Crippen LogP contribution in [0.15, 0.2) is 48.5 Å². The van der Waals surface area contributed by atoms with Gasteiger partial charge in [-0.15, -0.1) is 5.10 Å². The van der Waals surface area contributed by atoms with Crippen molar-refractivity contribution in [2.75, 3.05) is 13.4 Å². The number of hydrogen-bond donors (Lipinski definition) is 1. The Morgan fingerprint density at radius 1 is 1.13 bits per heavy atom. The quantitative estimate of drug-likeness (QED) is 0.403. The van der Waals surface area contributed by atoms with Crippen LogP contribution in [0.3, 0.4) is 0 Å². The zero-order valence-electron chi connectivity index (χ0n) is 21.8. The zero-order chi connectivity index (χ0) is 28.2. The van der Waals surface area contributed by atoms with Crippen molar-refractivity contribution in [2.24, 2.45) is 0 Å². The van der Waals surface area contributed by atoms with Gasteiger partial charge in [0.1, 0.15) is 11.4 Å². The van der Waals surface area contributed by atoms with Crippen LogP contribution in [0.1, 0.15) is 56.6 Å². The molecule has 9 nitrogen and oxygen atoms in total. The largest absolute Gasteiger partial charge is 0.463 e. The van der Waals surface area contributed by atoms with Crippen LogP contribution >= 0.6 is 0 Å². The Bertz CT molecular complexity index is 1260. The van der Waals surface area contributed by atoms with Crippen molar-refractivity contribution < 1.29 is 31.8 Å². The Morgan fingerprint density at radius 2 is 1.87 bits per heavy atom. The van der Waals surface area contributed by atoms with Crippen molar-refractivity contribution in [1.29, 1.82) is 0 Å². The average molecular weight is 551 g/mol. The molecular formula is C26H30F4N6O3. The van der Waals surface area contributed by atoms with Gasteiger partial charge in [-0.1, -0.05) is 30.3 Å². The lowest BCUT2D eigenvalue weighted by Gasteiger charge is -2.42. The highest BCUT2D eigenvalue weighted by Crippen LogP contribution is 2.34. The number of hydrogen-bond acceptors (Lipinski definition) is 7. The van der Waals surface area contributed by atoms with Gasteiger partial charge in [-0.2, -0.15) is 17.9 Å². The summed E-state index contributed by atoms with van der Waals surface area (Å²) in [5.74, 6) is -1.13. The maximum Gasteiger partial charge on any atom is 0.453 e. The second-order valence-corrected chi connectivity index (χ2v) is 10.1. The molecular weight excluding hydrogens is 520 g/mol. The summed E-state index contributed by atoms with van der Waals surface area (Å²) in [6, 6.07) is 13.0. The maximum atomic E-state index is 13.4. The third kappa shape index (κ3) is 6.83. The number of tetrazole rings is 1. The number of halogens is 4. The molecule has 0 spiro atoms. The van der Waals surface area contributed by atoms with Crippen molar-refractivity contribution in [3.63, 3.8) is 0 Å². The van der Waals surface area contributed by atoms with Gasteiger partial charge >= 0.3 is 12.3 Å². The Kier molecular flexibility index (Phi) is 8.38. The molecule has 0 unspecified atom stereocenters. The molecule has 0 aliphatic carbocycles. The van der Waals surface area contributed by atoms with E-state index in [2.05, 4.69) is 20.8 Å². The van der Waals surface area contributed by atoms with Crippen molar-refractivity contribution in [3.05, 3.63) is 65.5 Å². The topological polar surface area (TPSA) is 94.4 Å². The lowest BCUT2D eigenvalue weighted by Crippen LogP contribution is -2.51. The SMILES string of the molecule is CC(C)(C)OC(=O)N1CCC[C@H](NCc2cc(-n3nnnc3C(F)(F)F)ccc2OCF)[C@@H]1c1ccccc1. The first-order valence-electron chi connectivity index (χ1n) is 12.4. The molecule has 3 aromatic rings. The van der Waals surface area contributed by atoms with Crippen LogP contribution in [-0.2, 0) is 17.5 Å². The number of benzene rings is 2. The number of piperidine rings is 1. The molecule has 2 atom stereocenters. The van der Waals surface area contributed by atoms with Crippen LogP contribution < -0.4 is 10.1 Å². The Balaban J connectivity index is 1.63. The fourth-order valence-electron chi connectivity index (χ4n) is 4.61. The van der Waals surface area contributed by atoms with E-state index < -0.39 is 30.6 Å². The van der Waals surface area contributed by atoms with E-state index in [0.29, 0.717) is 29.6 Å². The summed E-state index contributed by atoms with van der Waals surface area (Å²) >= 11 is 0. The molecule has 0 radical (unpaired) electrons. The van der Waals surface area contributed by atoms with E-state index in [1.165, 1.54) is 18.2 Å². The van der Waals surface area contributed by atoms with Gasteiger partial charge < -0.3 is 14.8 Å². The molecule has 2 aromatic carbocycles. The Morgan fingerprint density at radius 3 is 2.54 bits per heavy atom. The summed E-state index contributed by atoms with van der Waals surface area (Å²) in [5, 5.41) is 13.1. The van der Waals surface area contributed by atoms with Gasteiger partial charge in [-0.3, -0.25) is 4.90 Å². The van der Waals surface area contributed by atoms with Crippen LogP contribution in [-0.4, -0.2) is 56.2 Å². The monoisotopic (exact) mass is 550 g/mol. The molecule has 1 fully saturated rings. The second kappa shape index (κ2) is 11.6. The highest BCUT2D eigenvalue weighted by Gasteiger charge is 2.39. The summed E-state index contributed by atoms with van der Waals surface area (Å²) in [5.41, 5.74) is 0.658. The van der Waals surface area contributed by atoms with E-state index in [0.717, 1.165) is 5.56 Å². The fourth-order valence-corrected chi connectivity index (χ4v) is 4.61. The number of carbonyl (C=O) groups excluding carboxylic acids is 1. The van der Waals surface area contributed by atoms with Gasteiger partial charge in [0, 0.05) is 24.7 Å². The number of aromatic nitrogens is 4. The van der Waals surface area contributed by atoms with E-state index in [-0.39, 0.29) is 30.1 Å². The molecule has 1 amide bonds. The van der Waals surface area contributed by atoms with E-state index in [9.17, 15) is 22.4 Å². The standard InChI is InChI=1S/C26H30F4N6O3/c1-25(2,3)39-24(37)35-13-7-10-20(22(35)17-8-5-4-6-9-17)31-15-18-14-19(11-12-21(18)38-16-27)36-23(26(28,29)30)32-33-34-36/h4-6,8-9,11-12,14,20,22,31H,7,10,13,15-16H2,1-3H3/t20-,22-/m0/s1. The van der Waals surface area contributed by atoms with Crippen LogP contribution in [0.2, 0.25) is 0 Å². The van der Waals surface area contributed by atoms with Crippen LogP contribution in [0, 0.1) is 0 Å². The number of rotatable bonds is 7. The Labute approximate surface area is 223 Å². The molecule has 1 aromatic heterocycles. The van der Waals surface area contributed by atoms with Gasteiger partial charge in [0.05, 0.1) is 11.7 Å². The number of ether oxygens (including phenoxy) is 2. The second-order valence-electron chi connectivity index (χ2n) is 10.1. The maximum absolute atomic E-state index is 13.4. The lowest BCUT2D eigenvalue weighted by atomic mass is 9.90. The highest BCUT2D eigenvalue weighted by atomic mass is 19.4. The molecule has 4 rings (SSSR count). The summed E-state index contributed by atoms with van der Waals surface area (Å²) in [4.78, 5) is 14.8. The number of amides is 1. The summed E-state index contributed by atoms with van der Waals surface area (Å²) in [6.45, 7) is 4.90. The highest BCUT2D eigenvalue weighted by molar-refractivity contribution is 5.69. The molecule has 1 saturated heterocycles. The van der Waals surface area contributed by atoms with Gasteiger partial charge in [0.15, 0.2) is 0 Å². The third-order valence-electron chi connectivity index (χ3n) is 6.18. The first-order valence-corrected chi connectivity index (χ1v) is 12.4. The normalized spacial score (nSPS) is 18.2. The Hall–Kier alpha value is -3.74. The molecule has 0 bridgehead atoms. The first-order chi connectivity index (χ1) is 18.5. The molecule has 2 heterocycles. The molecule has 39 heavy (non-hydrogen) atoms. The number of nitrogens with one attached hydrogen (secondary N) is 1. The average Bonchev–Trinajstić information content (AvgIpc) is 3.38. The number of nitrogens with zero attached hydrogens (tertiary/aromatic N) is 5. The van der Waals surface area contributed by atoms with Crippen LogP contribution in [0.25, 0.3) is 5.69 Å². The molecule has 1 N–H and O–H groups in total. The molecule has 1 aliphatic rings. The van der Waals surface area contributed by atoms with Crippen molar-refractivity contribution in [3.8, 4) is 11.4 Å². The number of likely N-dealkylation sites (tertiary alicyclic amines) is 1. The van der Waals surface area contributed by atoms with Gasteiger partial charge in [-0.05, 0) is 67.8 Å². The van der Waals surface area contributed by atoms with Crippen molar-refractivity contribution in [2.45, 2.75) is 64.0 Å². The summed E-state index contributed by atoms with van der Waals surface area (Å²) in [7, 11) is 0. The summed E-state index contributed by atoms with van der Waals surface area (Å²) < 4.78 is 64.6. The zero-order valence-corrected chi connectivity index (χ0v) is 21.8. The van der Waals surface area contributed by atoms with Crippen LogP contribution in [0.4, 0.5) is 22.4 Å². The van der Waals surface area contributed by atoms with Crippen molar-refractivity contribution >= 4 is 6.09 Å². The minimum atomic E-state index is -4.77. The predicted octanol–water partition coefficient (Wildman–Crippen LogP) is 5.22. The van der Waals surface area contributed by atoms with Gasteiger partial charge in [0.2, 0.25) is 6.86 Å². The predicted molar refractivity (Wildman–Crippen MR) is 133 cm³/mol. The lowest BCUT2D eigenvalue weighted by molar-refractivity contribution is -0.146. The molecule has 13 heteroatoms. The molecule has 210 valence electrons. The summed E-state index contributed by atoms with van der Waals surface area (Å²) in [6.07, 6.45) is -3.80. The van der Waals surface area contributed by atoms with Gasteiger partial charge in [0.25, 0.3) is 5.82 Å². The van der Waals surface area contributed by atoms with E-state index >= 15 is 0 Å². The fraction of sp³-hybridized carbons (Fsp3) is 0.462. The van der Waals surface area contributed by atoms with E-state index in [4.69, 9.17) is 9.47 Å². The van der Waals surface area contributed by atoms with E-state index in [1.807, 2.05) is 30.3 Å². The minimum Gasteiger partial charge on any atom is -0.463 e. The number of carbonyl (C=O) groups is 1. The smallest absolute Gasteiger partial charge is 0.453 e. The third-order valence-corrected chi connectivity index (χ3v) is 6.18. The number of alkyl halides is 4. The molecule has 0 saturated carbocycles. The first kappa shape index (κ1) is 28.3. The van der Waals surface area contributed by atoms with Gasteiger partial charge in [-0.25, -0.2) is 9.18 Å². The minimum absolute atomic E-state index is 0.0361. The van der Waals surface area contributed by atoms with Crippen LogP contribution in [0.5, 0.6) is 5.75 Å².